The summed E-state index contributed by atoms with van der Waals surface area (Å²) in [5, 5.41) is 4.40. The van der Waals surface area contributed by atoms with Gasteiger partial charge in [0.15, 0.2) is 0 Å². The summed E-state index contributed by atoms with van der Waals surface area (Å²) in [6.45, 7) is 3.15. The molecule has 1 fully saturated rings. The number of piperidine rings is 1. The first-order chi connectivity index (χ1) is 8.20. The van der Waals surface area contributed by atoms with Crippen LogP contribution in [0.15, 0.2) is 12.1 Å². The Labute approximate surface area is 108 Å². The molecule has 1 aromatic carbocycles. The van der Waals surface area contributed by atoms with Crippen LogP contribution >= 0.6 is 11.6 Å². The normalized spacial score (nSPS) is 20.3. The Morgan fingerprint density at radius 3 is 2.88 bits per heavy atom. The van der Waals surface area contributed by atoms with Crippen molar-refractivity contribution in [2.24, 2.45) is 0 Å². The van der Waals surface area contributed by atoms with E-state index >= 15 is 0 Å². The van der Waals surface area contributed by atoms with Crippen molar-refractivity contribution in [1.29, 1.82) is 0 Å². The van der Waals surface area contributed by atoms with Crippen molar-refractivity contribution in [3.05, 3.63) is 28.3 Å². The average Bonchev–Trinajstić information content (AvgIpc) is 2.34. The van der Waals surface area contributed by atoms with E-state index < -0.39 is 0 Å². The molecule has 1 aliphatic heterocycles. The quantitative estimate of drug-likeness (QED) is 0.892. The van der Waals surface area contributed by atoms with Gasteiger partial charge in [0.05, 0.1) is 7.11 Å². The molecule has 1 heterocycles. The monoisotopic (exact) mass is 253 g/mol. The van der Waals surface area contributed by atoms with Gasteiger partial charge in [0, 0.05) is 11.1 Å². The third-order valence-corrected chi connectivity index (χ3v) is 3.79. The maximum Gasteiger partial charge on any atom is 0.122 e. The molecule has 0 aliphatic carbocycles. The predicted molar refractivity (Wildman–Crippen MR) is 72.1 cm³/mol. The van der Waals surface area contributed by atoms with Crippen molar-refractivity contribution >= 4 is 11.6 Å². The SMILES string of the molecule is COc1cc(CC2CCCCN2)c(Cl)cc1C. The summed E-state index contributed by atoms with van der Waals surface area (Å²) in [5.74, 6) is 0.931. The van der Waals surface area contributed by atoms with Gasteiger partial charge in [0.1, 0.15) is 5.75 Å². The summed E-state index contributed by atoms with van der Waals surface area (Å²) in [4.78, 5) is 0. The van der Waals surface area contributed by atoms with Crippen LogP contribution in [0.25, 0.3) is 0 Å². The summed E-state index contributed by atoms with van der Waals surface area (Å²) in [5.41, 5.74) is 2.28. The maximum absolute atomic E-state index is 6.29. The molecule has 1 atom stereocenters. The lowest BCUT2D eigenvalue weighted by atomic mass is 9.97. The molecule has 0 spiro atoms. The van der Waals surface area contributed by atoms with Gasteiger partial charge in [-0.2, -0.15) is 0 Å². The first-order valence-electron chi connectivity index (χ1n) is 6.27. The molecule has 1 aliphatic rings. The first-order valence-corrected chi connectivity index (χ1v) is 6.65. The summed E-state index contributed by atoms with van der Waals surface area (Å²) in [6.07, 6.45) is 4.85. The predicted octanol–water partition coefficient (Wildman–Crippen LogP) is 3.34. The van der Waals surface area contributed by atoms with Gasteiger partial charge < -0.3 is 10.1 Å². The highest BCUT2D eigenvalue weighted by atomic mass is 35.5. The van der Waals surface area contributed by atoms with Crippen LogP contribution in [0, 0.1) is 6.92 Å². The zero-order valence-corrected chi connectivity index (χ0v) is 11.3. The third kappa shape index (κ3) is 3.14. The number of methoxy groups -OCH3 is 1. The number of benzene rings is 1. The summed E-state index contributed by atoms with van der Waals surface area (Å²) in [6, 6.07) is 4.64. The summed E-state index contributed by atoms with van der Waals surface area (Å²) < 4.78 is 5.35. The second-order valence-electron chi connectivity index (χ2n) is 4.76. The van der Waals surface area contributed by atoms with E-state index in [1.807, 2.05) is 13.0 Å². The minimum absolute atomic E-state index is 0.564. The number of hydrogen-bond donors (Lipinski definition) is 1. The van der Waals surface area contributed by atoms with E-state index in [9.17, 15) is 0 Å². The fraction of sp³-hybridized carbons (Fsp3) is 0.571. The zero-order chi connectivity index (χ0) is 12.3. The molecule has 1 N–H and O–H groups in total. The smallest absolute Gasteiger partial charge is 0.122 e. The molecule has 94 valence electrons. The highest BCUT2D eigenvalue weighted by molar-refractivity contribution is 6.31. The van der Waals surface area contributed by atoms with Gasteiger partial charge in [-0.3, -0.25) is 0 Å². The van der Waals surface area contributed by atoms with Gasteiger partial charge in [0.2, 0.25) is 0 Å². The van der Waals surface area contributed by atoms with Gasteiger partial charge in [-0.25, -0.2) is 0 Å². The standard InChI is InChI=1S/C14H20ClNO/c1-10-7-13(15)11(9-14(10)17-2)8-12-5-3-4-6-16-12/h7,9,12,16H,3-6,8H2,1-2H3. The van der Waals surface area contributed by atoms with Crippen LogP contribution in [-0.2, 0) is 6.42 Å². The second kappa shape index (κ2) is 5.74. The van der Waals surface area contributed by atoms with Crippen LogP contribution in [0.4, 0.5) is 0 Å². The van der Waals surface area contributed by atoms with Crippen LogP contribution in [0.1, 0.15) is 30.4 Å². The summed E-state index contributed by atoms with van der Waals surface area (Å²) >= 11 is 6.29. The molecule has 2 rings (SSSR count). The van der Waals surface area contributed by atoms with Crippen molar-refractivity contribution in [3.8, 4) is 5.75 Å². The lowest BCUT2D eigenvalue weighted by Gasteiger charge is -2.24. The van der Waals surface area contributed by atoms with Crippen molar-refractivity contribution in [2.45, 2.75) is 38.6 Å². The lowest BCUT2D eigenvalue weighted by molar-refractivity contribution is 0.395. The number of nitrogens with one attached hydrogen (secondary N) is 1. The lowest BCUT2D eigenvalue weighted by Crippen LogP contribution is -2.35. The molecule has 3 heteroatoms. The minimum atomic E-state index is 0.564. The topological polar surface area (TPSA) is 21.3 Å². The average molecular weight is 254 g/mol. The Balaban J connectivity index is 2.13. The Bertz CT molecular complexity index is 386. The van der Waals surface area contributed by atoms with E-state index in [1.165, 1.54) is 24.8 Å². The van der Waals surface area contributed by atoms with Crippen LogP contribution < -0.4 is 10.1 Å². The maximum atomic E-state index is 6.29. The van der Waals surface area contributed by atoms with Gasteiger partial charge >= 0.3 is 0 Å². The van der Waals surface area contributed by atoms with Crippen LogP contribution in [0.5, 0.6) is 5.75 Å². The molecular formula is C14H20ClNO. The van der Waals surface area contributed by atoms with Crippen LogP contribution in [0.3, 0.4) is 0 Å². The number of rotatable bonds is 3. The number of hydrogen-bond acceptors (Lipinski definition) is 2. The van der Waals surface area contributed by atoms with E-state index in [1.54, 1.807) is 7.11 Å². The molecule has 0 aromatic heterocycles. The van der Waals surface area contributed by atoms with E-state index in [0.717, 1.165) is 29.3 Å². The largest absolute Gasteiger partial charge is 0.496 e. The number of halogens is 1. The minimum Gasteiger partial charge on any atom is -0.496 e. The van der Waals surface area contributed by atoms with E-state index in [2.05, 4.69) is 11.4 Å². The van der Waals surface area contributed by atoms with E-state index in [4.69, 9.17) is 16.3 Å². The fourth-order valence-corrected chi connectivity index (χ4v) is 2.73. The first kappa shape index (κ1) is 12.7. The molecule has 2 nitrogen and oxygen atoms in total. The molecule has 1 aromatic rings. The third-order valence-electron chi connectivity index (χ3n) is 3.44. The molecule has 1 unspecified atom stereocenters. The van der Waals surface area contributed by atoms with E-state index in [-0.39, 0.29) is 0 Å². The van der Waals surface area contributed by atoms with Crippen molar-refractivity contribution in [2.75, 3.05) is 13.7 Å². The Morgan fingerprint density at radius 2 is 2.24 bits per heavy atom. The van der Waals surface area contributed by atoms with Crippen molar-refractivity contribution in [3.63, 3.8) is 0 Å². The van der Waals surface area contributed by atoms with Crippen molar-refractivity contribution < 1.29 is 4.74 Å². The Morgan fingerprint density at radius 1 is 1.41 bits per heavy atom. The zero-order valence-electron chi connectivity index (χ0n) is 10.6. The molecule has 0 bridgehead atoms. The van der Waals surface area contributed by atoms with E-state index in [0.29, 0.717) is 6.04 Å². The highest BCUT2D eigenvalue weighted by Gasteiger charge is 2.15. The Kier molecular flexibility index (Phi) is 4.30. The number of ether oxygens (including phenoxy) is 1. The molecular weight excluding hydrogens is 234 g/mol. The molecule has 17 heavy (non-hydrogen) atoms. The van der Waals surface area contributed by atoms with Gasteiger partial charge in [0.25, 0.3) is 0 Å². The van der Waals surface area contributed by atoms with Gasteiger partial charge in [-0.1, -0.05) is 18.0 Å². The van der Waals surface area contributed by atoms with Gasteiger partial charge in [-0.05, 0) is 56.0 Å². The fourth-order valence-electron chi connectivity index (χ4n) is 2.43. The molecule has 0 saturated carbocycles. The van der Waals surface area contributed by atoms with Crippen LogP contribution in [0.2, 0.25) is 5.02 Å². The second-order valence-corrected chi connectivity index (χ2v) is 5.17. The molecule has 0 radical (unpaired) electrons. The molecule has 1 saturated heterocycles. The van der Waals surface area contributed by atoms with Gasteiger partial charge in [-0.15, -0.1) is 0 Å². The molecule has 0 amide bonds. The number of aryl methyl sites for hydroxylation is 1. The van der Waals surface area contributed by atoms with Crippen molar-refractivity contribution in [1.82, 2.24) is 5.32 Å². The highest BCUT2D eigenvalue weighted by Crippen LogP contribution is 2.28. The summed E-state index contributed by atoms with van der Waals surface area (Å²) in [7, 11) is 1.71. The van der Waals surface area contributed by atoms with Crippen LogP contribution in [-0.4, -0.2) is 19.7 Å². The Hall–Kier alpha value is -0.730.